The zero-order valence-electron chi connectivity index (χ0n) is 13.3. The van der Waals surface area contributed by atoms with Gasteiger partial charge < -0.3 is 14.4 Å². The smallest absolute Gasteiger partial charge is 0.411 e. The molecule has 1 N–H and O–H groups in total. The van der Waals surface area contributed by atoms with E-state index in [0.717, 1.165) is 25.0 Å². The van der Waals surface area contributed by atoms with Crippen LogP contribution in [-0.4, -0.2) is 38.8 Å². The van der Waals surface area contributed by atoms with Crippen molar-refractivity contribution in [3.63, 3.8) is 0 Å². The number of hydrogen-bond acceptors (Lipinski definition) is 3. The molecular weight excluding hydrogens is 284 g/mol. The van der Waals surface area contributed by atoms with Crippen LogP contribution in [0.25, 0.3) is 0 Å². The molecule has 1 aliphatic carbocycles. The van der Waals surface area contributed by atoms with Crippen molar-refractivity contribution in [3.8, 4) is 0 Å². The molecule has 3 rings (SSSR count). The molecular formula is C16H22N2O4. The van der Waals surface area contributed by atoms with Gasteiger partial charge in [-0.25, -0.2) is 9.59 Å². The first-order valence-electron chi connectivity index (χ1n) is 7.68. The van der Waals surface area contributed by atoms with E-state index >= 15 is 0 Å². The van der Waals surface area contributed by atoms with Gasteiger partial charge in [0.15, 0.2) is 0 Å². The number of hydrogen-bond donors (Lipinski definition) is 1. The van der Waals surface area contributed by atoms with E-state index in [4.69, 9.17) is 4.74 Å². The van der Waals surface area contributed by atoms with Crippen LogP contribution in [0.3, 0.4) is 0 Å². The molecule has 2 heterocycles. The minimum atomic E-state index is -0.925. The SMILES string of the molecule is CC(C)(C)OC(=O)N1CCn2c(C(=O)O)ccc2C12CCC2. The van der Waals surface area contributed by atoms with Crippen LogP contribution in [0, 0.1) is 0 Å². The fourth-order valence-electron chi connectivity index (χ4n) is 3.47. The van der Waals surface area contributed by atoms with Crippen molar-refractivity contribution in [2.45, 2.75) is 57.7 Å². The van der Waals surface area contributed by atoms with Gasteiger partial charge in [-0.05, 0) is 52.2 Å². The summed E-state index contributed by atoms with van der Waals surface area (Å²) < 4.78 is 7.37. The Morgan fingerprint density at radius 1 is 1.23 bits per heavy atom. The first-order chi connectivity index (χ1) is 10.2. The van der Waals surface area contributed by atoms with Gasteiger partial charge in [0.25, 0.3) is 0 Å². The number of carbonyl (C=O) groups excluding carboxylic acids is 1. The summed E-state index contributed by atoms with van der Waals surface area (Å²) >= 11 is 0. The van der Waals surface area contributed by atoms with Gasteiger partial charge in [0.2, 0.25) is 0 Å². The number of fused-ring (bicyclic) bond motifs is 2. The number of carboxylic acid groups (broad SMARTS) is 1. The molecule has 1 aliphatic heterocycles. The van der Waals surface area contributed by atoms with Gasteiger partial charge in [-0.3, -0.25) is 4.90 Å². The Kier molecular flexibility index (Phi) is 3.23. The molecule has 0 radical (unpaired) electrons. The van der Waals surface area contributed by atoms with Gasteiger partial charge in [0.1, 0.15) is 11.3 Å². The number of aromatic carboxylic acids is 1. The predicted molar refractivity (Wildman–Crippen MR) is 79.9 cm³/mol. The second-order valence-corrected chi connectivity index (χ2v) is 7.08. The molecule has 22 heavy (non-hydrogen) atoms. The third-order valence-corrected chi connectivity index (χ3v) is 4.54. The Labute approximate surface area is 129 Å². The van der Waals surface area contributed by atoms with Crippen LogP contribution in [0.1, 0.15) is 56.2 Å². The van der Waals surface area contributed by atoms with E-state index in [0.29, 0.717) is 18.8 Å². The quantitative estimate of drug-likeness (QED) is 0.866. The predicted octanol–water partition coefficient (Wildman–Crippen LogP) is 2.82. The maximum atomic E-state index is 12.6. The summed E-state index contributed by atoms with van der Waals surface area (Å²) in [6, 6.07) is 3.48. The Hall–Kier alpha value is -1.98. The van der Waals surface area contributed by atoms with Crippen LogP contribution in [0.15, 0.2) is 12.1 Å². The molecule has 0 unspecified atom stereocenters. The number of amides is 1. The molecule has 6 heteroatoms. The highest BCUT2D eigenvalue weighted by Gasteiger charge is 2.51. The molecule has 0 bridgehead atoms. The third-order valence-electron chi connectivity index (χ3n) is 4.54. The van der Waals surface area contributed by atoms with E-state index in [-0.39, 0.29) is 6.09 Å². The largest absolute Gasteiger partial charge is 0.477 e. The lowest BCUT2D eigenvalue weighted by Gasteiger charge is -2.53. The minimum Gasteiger partial charge on any atom is -0.477 e. The Morgan fingerprint density at radius 2 is 1.91 bits per heavy atom. The fraction of sp³-hybridized carbons (Fsp3) is 0.625. The van der Waals surface area contributed by atoms with Crippen LogP contribution in [0.4, 0.5) is 4.79 Å². The van der Waals surface area contributed by atoms with E-state index in [1.54, 1.807) is 11.0 Å². The highest BCUT2D eigenvalue weighted by molar-refractivity contribution is 5.86. The summed E-state index contributed by atoms with van der Waals surface area (Å²) in [4.78, 5) is 25.7. The average Bonchev–Trinajstić information content (AvgIpc) is 2.77. The van der Waals surface area contributed by atoms with E-state index < -0.39 is 17.1 Å². The van der Waals surface area contributed by atoms with Crippen molar-refractivity contribution >= 4 is 12.1 Å². The molecule has 1 spiro atoms. The lowest BCUT2D eigenvalue weighted by atomic mass is 9.72. The lowest BCUT2D eigenvalue weighted by molar-refractivity contribution is -0.0427. The fourth-order valence-corrected chi connectivity index (χ4v) is 3.47. The zero-order chi connectivity index (χ0) is 16.1. The van der Waals surface area contributed by atoms with E-state index in [9.17, 15) is 14.7 Å². The summed E-state index contributed by atoms with van der Waals surface area (Å²) in [6.45, 7) is 6.54. The number of nitrogens with zero attached hydrogens (tertiary/aromatic N) is 2. The first-order valence-corrected chi connectivity index (χ1v) is 7.68. The normalized spacial score (nSPS) is 19.5. The van der Waals surface area contributed by atoms with Crippen molar-refractivity contribution in [1.82, 2.24) is 9.47 Å². The number of aromatic nitrogens is 1. The molecule has 0 saturated heterocycles. The Balaban J connectivity index is 1.95. The number of ether oxygens (including phenoxy) is 1. The van der Waals surface area contributed by atoms with E-state index in [1.165, 1.54) is 0 Å². The van der Waals surface area contributed by atoms with Crippen LogP contribution < -0.4 is 0 Å². The lowest BCUT2D eigenvalue weighted by Crippen LogP contribution is -2.59. The summed E-state index contributed by atoms with van der Waals surface area (Å²) in [6.07, 6.45) is 2.44. The van der Waals surface area contributed by atoms with E-state index in [2.05, 4.69) is 0 Å². The molecule has 1 amide bonds. The standard InChI is InChI=1S/C16H22N2O4/c1-15(2,3)22-14(21)18-10-9-17-11(13(19)20)5-6-12(17)16(18)7-4-8-16/h5-6H,4,7-10H2,1-3H3,(H,19,20). The summed E-state index contributed by atoms with van der Waals surface area (Å²) in [5.41, 5.74) is 0.292. The second kappa shape index (κ2) is 4.76. The van der Waals surface area contributed by atoms with Crippen molar-refractivity contribution in [2.24, 2.45) is 0 Å². The van der Waals surface area contributed by atoms with Gasteiger partial charge >= 0.3 is 12.1 Å². The Morgan fingerprint density at radius 3 is 2.41 bits per heavy atom. The van der Waals surface area contributed by atoms with Crippen molar-refractivity contribution in [2.75, 3.05) is 6.54 Å². The summed E-state index contributed by atoms with van der Waals surface area (Å²) in [5.74, 6) is -0.925. The van der Waals surface area contributed by atoms with E-state index in [1.807, 2.05) is 31.4 Å². The van der Waals surface area contributed by atoms with Gasteiger partial charge in [-0.2, -0.15) is 0 Å². The van der Waals surface area contributed by atoms with Crippen LogP contribution >= 0.6 is 0 Å². The molecule has 1 aromatic heterocycles. The highest BCUT2D eigenvalue weighted by Crippen LogP contribution is 2.49. The molecule has 1 fully saturated rings. The topological polar surface area (TPSA) is 71.8 Å². The van der Waals surface area contributed by atoms with Gasteiger partial charge in [0, 0.05) is 18.8 Å². The minimum absolute atomic E-state index is 0.296. The van der Waals surface area contributed by atoms with Crippen LogP contribution in [-0.2, 0) is 16.8 Å². The van der Waals surface area contributed by atoms with Gasteiger partial charge in [0.05, 0.1) is 5.54 Å². The summed E-state index contributed by atoms with van der Waals surface area (Å²) in [7, 11) is 0. The van der Waals surface area contributed by atoms with Crippen LogP contribution in [0.2, 0.25) is 0 Å². The van der Waals surface area contributed by atoms with Crippen LogP contribution in [0.5, 0.6) is 0 Å². The van der Waals surface area contributed by atoms with Gasteiger partial charge in [-0.1, -0.05) is 0 Å². The third kappa shape index (κ3) is 2.17. The van der Waals surface area contributed by atoms with Crippen molar-refractivity contribution in [1.29, 1.82) is 0 Å². The first kappa shape index (κ1) is 14.9. The molecule has 120 valence electrons. The number of carbonyl (C=O) groups is 2. The second-order valence-electron chi connectivity index (χ2n) is 7.08. The maximum absolute atomic E-state index is 12.6. The molecule has 0 atom stereocenters. The summed E-state index contributed by atoms with van der Waals surface area (Å²) in [5, 5.41) is 9.29. The molecule has 0 aromatic carbocycles. The Bertz CT molecular complexity index is 623. The zero-order valence-corrected chi connectivity index (χ0v) is 13.3. The van der Waals surface area contributed by atoms with Crippen molar-refractivity contribution in [3.05, 3.63) is 23.5 Å². The molecule has 1 saturated carbocycles. The van der Waals surface area contributed by atoms with Gasteiger partial charge in [-0.15, -0.1) is 0 Å². The monoisotopic (exact) mass is 306 g/mol. The number of rotatable bonds is 1. The highest BCUT2D eigenvalue weighted by atomic mass is 16.6. The average molecular weight is 306 g/mol. The van der Waals surface area contributed by atoms with Crippen molar-refractivity contribution < 1.29 is 19.4 Å². The molecule has 1 aromatic rings. The molecule has 2 aliphatic rings. The molecule has 6 nitrogen and oxygen atoms in total. The number of carboxylic acids is 1. The maximum Gasteiger partial charge on any atom is 0.411 e.